The Bertz CT molecular complexity index is 862. The second-order valence-electron chi connectivity index (χ2n) is 5.80. The van der Waals surface area contributed by atoms with E-state index in [0.29, 0.717) is 24.5 Å². The number of ether oxygens (including phenoxy) is 2. The number of hydrogen-bond acceptors (Lipinski definition) is 3. The van der Waals surface area contributed by atoms with E-state index in [1.165, 1.54) is 0 Å². The summed E-state index contributed by atoms with van der Waals surface area (Å²) in [6, 6.07) is 24.7. The Kier molecular flexibility index (Phi) is 5.88. The molecule has 0 fully saturated rings. The highest BCUT2D eigenvalue weighted by molar-refractivity contribution is 5.94. The van der Waals surface area contributed by atoms with Gasteiger partial charge >= 0.3 is 0 Å². The monoisotopic (exact) mass is 347 g/mol. The van der Waals surface area contributed by atoms with Crippen molar-refractivity contribution in [3.63, 3.8) is 0 Å². The fourth-order valence-electron chi connectivity index (χ4n) is 2.59. The first-order valence-electron chi connectivity index (χ1n) is 8.43. The molecule has 3 rings (SSSR count). The van der Waals surface area contributed by atoms with E-state index in [0.717, 1.165) is 16.9 Å². The van der Waals surface area contributed by atoms with Crippen molar-refractivity contribution in [3.8, 4) is 11.5 Å². The van der Waals surface area contributed by atoms with Crippen molar-refractivity contribution in [2.45, 2.75) is 13.2 Å². The number of benzene rings is 3. The summed E-state index contributed by atoms with van der Waals surface area (Å²) in [5.41, 5.74) is 2.57. The summed E-state index contributed by atoms with van der Waals surface area (Å²) in [5, 5.41) is 2.92. The standard InChI is InChI=1S/C22H21NO3/c1-25-21-13-6-5-10-19(21)15-23-22(24)18-11-7-12-20(14-18)26-16-17-8-3-2-4-9-17/h2-14H,15-16H2,1H3,(H,23,24). The van der Waals surface area contributed by atoms with Gasteiger partial charge in [-0.05, 0) is 29.8 Å². The molecule has 0 spiro atoms. The van der Waals surface area contributed by atoms with Gasteiger partial charge in [0.25, 0.3) is 5.91 Å². The highest BCUT2D eigenvalue weighted by Crippen LogP contribution is 2.18. The van der Waals surface area contributed by atoms with Crippen molar-refractivity contribution < 1.29 is 14.3 Å². The van der Waals surface area contributed by atoms with E-state index in [-0.39, 0.29) is 5.91 Å². The number of methoxy groups -OCH3 is 1. The number of hydrogen-bond donors (Lipinski definition) is 1. The van der Waals surface area contributed by atoms with Crippen LogP contribution in [-0.2, 0) is 13.2 Å². The minimum atomic E-state index is -0.152. The van der Waals surface area contributed by atoms with Crippen molar-refractivity contribution in [1.82, 2.24) is 5.32 Å². The van der Waals surface area contributed by atoms with Crippen LogP contribution in [-0.4, -0.2) is 13.0 Å². The first-order valence-corrected chi connectivity index (χ1v) is 8.43. The summed E-state index contributed by atoms with van der Waals surface area (Å²) in [4.78, 5) is 12.4. The largest absolute Gasteiger partial charge is 0.496 e. The second kappa shape index (κ2) is 8.72. The minimum absolute atomic E-state index is 0.152. The van der Waals surface area contributed by atoms with Crippen molar-refractivity contribution in [1.29, 1.82) is 0 Å². The van der Waals surface area contributed by atoms with Gasteiger partial charge in [-0.1, -0.05) is 54.6 Å². The van der Waals surface area contributed by atoms with Crippen LogP contribution in [0.25, 0.3) is 0 Å². The topological polar surface area (TPSA) is 47.6 Å². The number of carbonyl (C=O) groups is 1. The Morgan fingerprint density at radius 2 is 1.69 bits per heavy atom. The maximum atomic E-state index is 12.4. The summed E-state index contributed by atoms with van der Waals surface area (Å²) < 4.78 is 11.1. The lowest BCUT2D eigenvalue weighted by atomic mass is 10.1. The molecule has 4 nitrogen and oxygen atoms in total. The van der Waals surface area contributed by atoms with E-state index >= 15 is 0 Å². The van der Waals surface area contributed by atoms with E-state index in [1.807, 2.05) is 66.7 Å². The highest BCUT2D eigenvalue weighted by Gasteiger charge is 2.08. The molecule has 1 N–H and O–H groups in total. The number of rotatable bonds is 7. The molecule has 26 heavy (non-hydrogen) atoms. The summed E-state index contributed by atoms with van der Waals surface area (Å²) in [6.45, 7) is 0.866. The average Bonchev–Trinajstić information content (AvgIpc) is 2.71. The van der Waals surface area contributed by atoms with Gasteiger partial charge in [0, 0.05) is 17.7 Å². The van der Waals surface area contributed by atoms with Crippen LogP contribution in [0, 0.1) is 0 Å². The van der Waals surface area contributed by atoms with Gasteiger partial charge in [-0.2, -0.15) is 0 Å². The van der Waals surface area contributed by atoms with Crippen LogP contribution < -0.4 is 14.8 Å². The van der Waals surface area contributed by atoms with Crippen molar-refractivity contribution in [2.24, 2.45) is 0 Å². The van der Waals surface area contributed by atoms with Crippen molar-refractivity contribution >= 4 is 5.91 Å². The van der Waals surface area contributed by atoms with Gasteiger partial charge in [-0.25, -0.2) is 0 Å². The molecule has 0 aliphatic heterocycles. The zero-order valence-electron chi connectivity index (χ0n) is 14.6. The molecule has 4 heteroatoms. The van der Waals surface area contributed by atoms with Crippen LogP contribution in [0.15, 0.2) is 78.9 Å². The van der Waals surface area contributed by atoms with Gasteiger partial charge < -0.3 is 14.8 Å². The Hall–Kier alpha value is -3.27. The fraction of sp³-hybridized carbons (Fsp3) is 0.136. The summed E-state index contributed by atoms with van der Waals surface area (Å²) in [7, 11) is 1.62. The predicted octanol–water partition coefficient (Wildman–Crippen LogP) is 4.20. The molecule has 0 unspecified atom stereocenters. The van der Waals surface area contributed by atoms with E-state index in [2.05, 4.69) is 5.32 Å². The third-order valence-electron chi connectivity index (χ3n) is 3.98. The lowest BCUT2D eigenvalue weighted by molar-refractivity contribution is 0.0950. The van der Waals surface area contributed by atoms with Crippen molar-refractivity contribution in [3.05, 3.63) is 95.6 Å². The quantitative estimate of drug-likeness (QED) is 0.697. The highest BCUT2D eigenvalue weighted by atomic mass is 16.5. The zero-order chi connectivity index (χ0) is 18.2. The molecule has 0 saturated heterocycles. The molecular formula is C22H21NO3. The summed E-state index contributed by atoms with van der Waals surface area (Å²) >= 11 is 0. The molecular weight excluding hydrogens is 326 g/mol. The average molecular weight is 347 g/mol. The molecule has 0 atom stereocenters. The maximum Gasteiger partial charge on any atom is 0.251 e. The Morgan fingerprint density at radius 1 is 0.923 bits per heavy atom. The van der Waals surface area contributed by atoms with Crippen LogP contribution in [0.4, 0.5) is 0 Å². The van der Waals surface area contributed by atoms with Gasteiger partial charge in [0.15, 0.2) is 0 Å². The van der Waals surface area contributed by atoms with Crippen LogP contribution in [0.2, 0.25) is 0 Å². The molecule has 1 amide bonds. The molecule has 0 heterocycles. The fourth-order valence-corrected chi connectivity index (χ4v) is 2.59. The first kappa shape index (κ1) is 17.5. The lowest BCUT2D eigenvalue weighted by Gasteiger charge is -2.11. The molecule has 0 saturated carbocycles. The van der Waals surface area contributed by atoms with Crippen LogP contribution in [0.1, 0.15) is 21.5 Å². The Balaban J connectivity index is 1.61. The van der Waals surface area contributed by atoms with E-state index in [4.69, 9.17) is 9.47 Å². The van der Waals surface area contributed by atoms with Gasteiger partial charge in [-0.15, -0.1) is 0 Å². The molecule has 0 aromatic heterocycles. The third-order valence-corrected chi connectivity index (χ3v) is 3.98. The van der Waals surface area contributed by atoms with E-state index in [1.54, 1.807) is 19.2 Å². The SMILES string of the molecule is COc1ccccc1CNC(=O)c1cccc(OCc2ccccc2)c1. The smallest absolute Gasteiger partial charge is 0.251 e. The molecule has 0 radical (unpaired) electrons. The molecule has 0 aliphatic carbocycles. The molecule has 132 valence electrons. The molecule has 0 bridgehead atoms. The number of para-hydroxylation sites is 1. The van der Waals surface area contributed by atoms with Gasteiger partial charge in [0.05, 0.1) is 7.11 Å². The molecule has 3 aromatic carbocycles. The Labute approximate surface area is 153 Å². The molecule has 0 aliphatic rings. The third kappa shape index (κ3) is 4.63. The second-order valence-corrected chi connectivity index (χ2v) is 5.80. The normalized spacial score (nSPS) is 10.2. The van der Waals surface area contributed by atoms with E-state index in [9.17, 15) is 4.79 Å². The van der Waals surface area contributed by atoms with E-state index < -0.39 is 0 Å². The van der Waals surface area contributed by atoms with Gasteiger partial charge in [-0.3, -0.25) is 4.79 Å². The summed E-state index contributed by atoms with van der Waals surface area (Å²) in [5.74, 6) is 1.27. The Morgan fingerprint density at radius 3 is 2.50 bits per heavy atom. The van der Waals surface area contributed by atoms with Gasteiger partial charge in [0.1, 0.15) is 18.1 Å². The predicted molar refractivity (Wildman–Crippen MR) is 101 cm³/mol. The van der Waals surface area contributed by atoms with Crippen molar-refractivity contribution in [2.75, 3.05) is 7.11 Å². The first-order chi connectivity index (χ1) is 12.8. The maximum absolute atomic E-state index is 12.4. The zero-order valence-corrected chi connectivity index (χ0v) is 14.6. The van der Waals surface area contributed by atoms with Crippen LogP contribution in [0.3, 0.4) is 0 Å². The number of carbonyl (C=O) groups excluding carboxylic acids is 1. The van der Waals surface area contributed by atoms with Crippen LogP contribution in [0.5, 0.6) is 11.5 Å². The molecule has 3 aromatic rings. The number of amides is 1. The van der Waals surface area contributed by atoms with Crippen LogP contribution >= 0.6 is 0 Å². The number of nitrogens with one attached hydrogen (secondary N) is 1. The summed E-state index contributed by atoms with van der Waals surface area (Å²) in [6.07, 6.45) is 0. The van der Waals surface area contributed by atoms with Gasteiger partial charge in [0.2, 0.25) is 0 Å². The lowest BCUT2D eigenvalue weighted by Crippen LogP contribution is -2.23. The minimum Gasteiger partial charge on any atom is -0.496 e.